The summed E-state index contributed by atoms with van der Waals surface area (Å²) >= 11 is 0. The Morgan fingerprint density at radius 2 is 2.43 bits per heavy atom. The van der Waals surface area contributed by atoms with Crippen molar-refractivity contribution in [2.45, 2.75) is 38.2 Å². The second-order valence-electron chi connectivity index (χ2n) is 4.08. The molecule has 1 saturated carbocycles. The number of allylic oxidation sites excluding steroid dienone is 1. The minimum atomic E-state index is -0.816. The normalized spacial score (nSPS) is 35.5. The molecule has 0 aromatic carbocycles. The number of rotatable bonds is 1. The molecule has 2 bridgehead atoms. The highest BCUT2D eigenvalue weighted by Gasteiger charge is 2.47. The van der Waals surface area contributed by atoms with Crippen molar-refractivity contribution in [3.05, 3.63) is 12.2 Å². The first-order chi connectivity index (χ1) is 6.64. The molecule has 0 spiro atoms. The molecule has 3 nitrogen and oxygen atoms in total. The third-order valence-electron chi connectivity index (χ3n) is 3.04. The molecular weight excluding hydrogens is 180 g/mol. The van der Waals surface area contributed by atoms with Crippen molar-refractivity contribution < 1.29 is 14.3 Å². The van der Waals surface area contributed by atoms with Crippen molar-refractivity contribution in [1.29, 1.82) is 0 Å². The minimum Gasteiger partial charge on any atom is -0.451 e. The van der Waals surface area contributed by atoms with Crippen LogP contribution in [-0.2, 0) is 14.3 Å². The van der Waals surface area contributed by atoms with Crippen molar-refractivity contribution in [2.75, 3.05) is 0 Å². The van der Waals surface area contributed by atoms with Gasteiger partial charge >= 0.3 is 5.97 Å². The standard InChI is InChI=1S/C11H14O3/c1-8(12)14-11-6-2-4-9(10(11)13)5-3-7-11/h2,4,9H,3,5-7H2,1H3/t9-,11-/m1/s1. The highest BCUT2D eigenvalue weighted by Crippen LogP contribution is 2.39. The molecule has 14 heavy (non-hydrogen) atoms. The van der Waals surface area contributed by atoms with E-state index in [1.54, 1.807) is 0 Å². The molecule has 2 atom stereocenters. The average Bonchev–Trinajstić information content (AvgIpc) is 2.06. The first kappa shape index (κ1) is 9.44. The third-order valence-corrected chi connectivity index (χ3v) is 3.04. The summed E-state index contributed by atoms with van der Waals surface area (Å²) in [5, 5.41) is 0. The number of carbonyl (C=O) groups excluding carboxylic acids is 2. The van der Waals surface area contributed by atoms with Gasteiger partial charge in [-0.25, -0.2) is 0 Å². The first-order valence-corrected chi connectivity index (χ1v) is 5.05. The zero-order chi connectivity index (χ0) is 10.2. The molecule has 0 N–H and O–H groups in total. The topological polar surface area (TPSA) is 43.4 Å². The van der Waals surface area contributed by atoms with Crippen LogP contribution >= 0.6 is 0 Å². The molecule has 0 saturated heterocycles. The Bertz CT molecular complexity index is 306. The molecule has 2 aliphatic carbocycles. The SMILES string of the molecule is CC(=O)O[C@]12CC=C[C@H](CCC1)C2=O. The van der Waals surface area contributed by atoms with Crippen LogP contribution < -0.4 is 0 Å². The van der Waals surface area contributed by atoms with Crippen LogP contribution in [0.2, 0.25) is 0 Å². The number of Topliss-reactive ketones (excluding diaryl/α,β-unsaturated/α-hetero) is 1. The van der Waals surface area contributed by atoms with E-state index in [9.17, 15) is 9.59 Å². The summed E-state index contributed by atoms with van der Waals surface area (Å²) in [6, 6.07) is 0. The van der Waals surface area contributed by atoms with Crippen molar-refractivity contribution in [1.82, 2.24) is 0 Å². The molecule has 2 aliphatic rings. The molecule has 2 rings (SSSR count). The fourth-order valence-corrected chi connectivity index (χ4v) is 2.43. The fourth-order valence-electron chi connectivity index (χ4n) is 2.43. The highest BCUT2D eigenvalue weighted by molar-refractivity contribution is 5.94. The van der Waals surface area contributed by atoms with E-state index >= 15 is 0 Å². The molecule has 0 amide bonds. The maximum absolute atomic E-state index is 11.9. The zero-order valence-corrected chi connectivity index (χ0v) is 8.29. The molecule has 0 aromatic heterocycles. The third kappa shape index (κ3) is 1.37. The lowest BCUT2D eigenvalue weighted by Gasteiger charge is -2.39. The summed E-state index contributed by atoms with van der Waals surface area (Å²) in [6.45, 7) is 1.37. The van der Waals surface area contributed by atoms with Gasteiger partial charge < -0.3 is 4.74 Å². The van der Waals surface area contributed by atoms with Gasteiger partial charge in [0.15, 0.2) is 11.4 Å². The minimum absolute atomic E-state index is 0.0168. The Morgan fingerprint density at radius 1 is 1.64 bits per heavy atom. The van der Waals surface area contributed by atoms with E-state index in [-0.39, 0.29) is 17.7 Å². The van der Waals surface area contributed by atoms with Crippen LogP contribution in [0, 0.1) is 5.92 Å². The van der Waals surface area contributed by atoms with Crippen LogP contribution in [0.1, 0.15) is 32.6 Å². The van der Waals surface area contributed by atoms with Crippen molar-refractivity contribution >= 4 is 11.8 Å². The van der Waals surface area contributed by atoms with Crippen LogP contribution in [-0.4, -0.2) is 17.4 Å². The van der Waals surface area contributed by atoms with Gasteiger partial charge in [0.05, 0.1) is 0 Å². The van der Waals surface area contributed by atoms with E-state index in [1.807, 2.05) is 12.2 Å². The Hall–Kier alpha value is -1.12. The number of ether oxygens (including phenoxy) is 1. The van der Waals surface area contributed by atoms with Crippen LogP contribution in [0.4, 0.5) is 0 Å². The van der Waals surface area contributed by atoms with E-state index in [0.29, 0.717) is 12.8 Å². The molecule has 0 aromatic rings. The molecule has 3 heteroatoms. The summed E-state index contributed by atoms with van der Waals surface area (Å²) in [6.07, 6.45) is 7.03. The van der Waals surface area contributed by atoms with E-state index < -0.39 is 5.60 Å². The summed E-state index contributed by atoms with van der Waals surface area (Å²) in [7, 11) is 0. The number of esters is 1. The zero-order valence-electron chi connectivity index (χ0n) is 8.29. The van der Waals surface area contributed by atoms with Gasteiger partial charge in [-0.1, -0.05) is 12.2 Å². The average molecular weight is 194 g/mol. The summed E-state index contributed by atoms with van der Waals surface area (Å²) in [5.41, 5.74) is -0.816. The second kappa shape index (κ2) is 3.23. The van der Waals surface area contributed by atoms with Crippen LogP contribution in [0.3, 0.4) is 0 Å². The Labute approximate surface area is 83.1 Å². The van der Waals surface area contributed by atoms with Crippen LogP contribution in [0.25, 0.3) is 0 Å². The van der Waals surface area contributed by atoms with Crippen LogP contribution in [0.15, 0.2) is 12.2 Å². The van der Waals surface area contributed by atoms with Gasteiger partial charge in [0, 0.05) is 19.3 Å². The molecular formula is C11H14O3. The summed E-state index contributed by atoms with van der Waals surface area (Å²) in [4.78, 5) is 22.9. The molecule has 0 heterocycles. The quantitative estimate of drug-likeness (QED) is 0.470. The number of ketones is 1. The van der Waals surface area contributed by atoms with Crippen molar-refractivity contribution in [3.63, 3.8) is 0 Å². The number of carbonyl (C=O) groups is 2. The van der Waals surface area contributed by atoms with Gasteiger partial charge in [-0.05, 0) is 19.3 Å². The van der Waals surface area contributed by atoms with Crippen molar-refractivity contribution in [2.24, 2.45) is 5.92 Å². The van der Waals surface area contributed by atoms with E-state index in [0.717, 1.165) is 12.8 Å². The second-order valence-corrected chi connectivity index (χ2v) is 4.08. The lowest BCUT2D eigenvalue weighted by atomic mass is 9.71. The fraction of sp³-hybridized carbons (Fsp3) is 0.636. The predicted octanol–water partition coefficient (Wildman–Crippen LogP) is 1.62. The number of hydrogen-bond acceptors (Lipinski definition) is 3. The van der Waals surface area contributed by atoms with Crippen LogP contribution in [0.5, 0.6) is 0 Å². The smallest absolute Gasteiger partial charge is 0.303 e. The highest BCUT2D eigenvalue weighted by atomic mass is 16.6. The van der Waals surface area contributed by atoms with E-state index in [2.05, 4.69) is 0 Å². The van der Waals surface area contributed by atoms with Gasteiger partial charge in [0.1, 0.15) is 0 Å². The lowest BCUT2D eigenvalue weighted by molar-refractivity contribution is -0.171. The van der Waals surface area contributed by atoms with E-state index in [1.165, 1.54) is 6.92 Å². The van der Waals surface area contributed by atoms with Gasteiger partial charge in [-0.15, -0.1) is 0 Å². The monoisotopic (exact) mass is 194 g/mol. The molecule has 0 radical (unpaired) electrons. The largest absolute Gasteiger partial charge is 0.451 e. The molecule has 0 unspecified atom stereocenters. The maximum Gasteiger partial charge on any atom is 0.303 e. The molecule has 76 valence electrons. The van der Waals surface area contributed by atoms with Gasteiger partial charge in [-0.3, -0.25) is 9.59 Å². The number of hydrogen-bond donors (Lipinski definition) is 0. The Kier molecular flexibility index (Phi) is 2.17. The first-order valence-electron chi connectivity index (χ1n) is 5.05. The molecule has 1 fully saturated rings. The number of fused-ring (bicyclic) bond motifs is 2. The molecule has 0 aliphatic heterocycles. The lowest BCUT2D eigenvalue weighted by Crippen LogP contribution is -2.50. The van der Waals surface area contributed by atoms with Crippen molar-refractivity contribution in [3.8, 4) is 0 Å². The van der Waals surface area contributed by atoms with Gasteiger partial charge in [0.25, 0.3) is 0 Å². The van der Waals surface area contributed by atoms with E-state index in [4.69, 9.17) is 4.74 Å². The predicted molar refractivity (Wildman–Crippen MR) is 50.6 cm³/mol. The summed E-state index contributed by atoms with van der Waals surface area (Å²) < 4.78 is 5.22. The van der Waals surface area contributed by atoms with Gasteiger partial charge in [0.2, 0.25) is 0 Å². The summed E-state index contributed by atoms with van der Waals surface area (Å²) in [5.74, 6) is -0.271. The van der Waals surface area contributed by atoms with Gasteiger partial charge in [-0.2, -0.15) is 0 Å². The maximum atomic E-state index is 11.9. The Balaban J connectivity index is 2.27. The Morgan fingerprint density at radius 3 is 3.14 bits per heavy atom.